The van der Waals surface area contributed by atoms with Crippen molar-refractivity contribution in [3.05, 3.63) is 78.4 Å². The van der Waals surface area contributed by atoms with Crippen LogP contribution in [0, 0.1) is 0 Å². The summed E-state index contributed by atoms with van der Waals surface area (Å²) >= 11 is 0. The maximum Gasteiger partial charge on any atom is 0.253 e. The average Bonchev–Trinajstić information content (AvgIpc) is 3.36. The van der Waals surface area contributed by atoms with E-state index < -0.39 is 0 Å². The number of aromatic nitrogens is 3. The molecule has 1 fully saturated rings. The van der Waals surface area contributed by atoms with E-state index in [4.69, 9.17) is 0 Å². The van der Waals surface area contributed by atoms with Crippen LogP contribution in [0.25, 0.3) is 0 Å². The van der Waals surface area contributed by atoms with E-state index in [2.05, 4.69) is 9.67 Å². The highest BCUT2D eigenvalue weighted by atomic mass is 16.2. The summed E-state index contributed by atoms with van der Waals surface area (Å²) in [4.78, 5) is 14.8. The normalized spacial score (nSPS) is 17.6. The molecule has 0 N–H and O–H groups in total. The van der Waals surface area contributed by atoms with E-state index in [1.807, 2.05) is 70.6 Å². The highest BCUT2D eigenvalue weighted by Crippen LogP contribution is 2.22. The van der Waals surface area contributed by atoms with Gasteiger partial charge < -0.3 is 9.47 Å². The van der Waals surface area contributed by atoms with Gasteiger partial charge in [-0.3, -0.25) is 9.48 Å². The zero-order valence-electron chi connectivity index (χ0n) is 14.2. The lowest BCUT2D eigenvalue weighted by Gasteiger charge is -2.33. The minimum atomic E-state index is 0.115. The number of likely N-dealkylation sites (tertiary alicyclic amines) is 1. The number of rotatable bonds is 4. The quantitative estimate of drug-likeness (QED) is 0.735. The van der Waals surface area contributed by atoms with Crippen molar-refractivity contribution in [2.45, 2.75) is 25.4 Å². The van der Waals surface area contributed by atoms with Gasteiger partial charge in [0.2, 0.25) is 0 Å². The van der Waals surface area contributed by atoms with Gasteiger partial charge in [-0.05, 0) is 48.7 Å². The number of hydrogen-bond acceptors (Lipinski definition) is 2. The molecule has 25 heavy (non-hydrogen) atoms. The van der Waals surface area contributed by atoms with Gasteiger partial charge in [0.25, 0.3) is 5.91 Å². The van der Waals surface area contributed by atoms with Gasteiger partial charge in [-0.2, -0.15) is 5.10 Å². The third kappa shape index (κ3) is 3.50. The molecule has 1 aromatic carbocycles. The number of nitrogens with zero attached hydrogens (tertiary/aromatic N) is 4. The van der Waals surface area contributed by atoms with Crippen molar-refractivity contribution in [2.24, 2.45) is 0 Å². The molecule has 1 aliphatic heterocycles. The molecule has 128 valence electrons. The van der Waals surface area contributed by atoms with Crippen molar-refractivity contribution in [3.8, 4) is 0 Å². The molecule has 0 radical (unpaired) electrons. The van der Waals surface area contributed by atoms with Gasteiger partial charge in [-0.15, -0.1) is 0 Å². The summed E-state index contributed by atoms with van der Waals surface area (Å²) in [6, 6.07) is 14.2. The Kier molecular flexibility index (Phi) is 4.37. The molecule has 1 atom stereocenters. The molecule has 0 spiro atoms. The van der Waals surface area contributed by atoms with Crippen LogP contribution < -0.4 is 0 Å². The molecule has 1 amide bonds. The van der Waals surface area contributed by atoms with Crippen LogP contribution in [-0.4, -0.2) is 38.2 Å². The van der Waals surface area contributed by atoms with E-state index in [0.717, 1.165) is 38.0 Å². The predicted molar refractivity (Wildman–Crippen MR) is 96.4 cm³/mol. The van der Waals surface area contributed by atoms with Gasteiger partial charge in [0.1, 0.15) is 0 Å². The summed E-state index contributed by atoms with van der Waals surface area (Å²) in [6.45, 7) is 2.37. The molecule has 5 heteroatoms. The van der Waals surface area contributed by atoms with Crippen LogP contribution in [0.15, 0.2) is 67.3 Å². The van der Waals surface area contributed by atoms with Crippen LogP contribution in [-0.2, 0) is 6.54 Å². The zero-order chi connectivity index (χ0) is 17.1. The second kappa shape index (κ2) is 6.97. The first-order valence-corrected chi connectivity index (χ1v) is 8.78. The Hall–Kier alpha value is -2.82. The lowest BCUT2D eigenvalue weighted by Crippen LogP contribution is -2.40. The Labute approximate surface area is 147 Å². The van der Waals surface area contributed by atoms with E-state index in [-0.39, 0.29) is 11.9 Å². The summed E-state index contributed by atoms with van der Waals surface area (Å²) in [5, 5.41) is 4.33. The van der Waals surface area contributed by atoms with Crippen molar-refractivity contribution in [1.29, 1.82) is 0 Å². The molecule has 3 aromatic rings. The van der Waals surface area contributed by atoms with Gasteiger partial charge >= 0.3 is 0 Å². The molecule has 0 unspecified atom stereocenters. The van der Waals surface area contributed by atoms with Crippen LogP contribution in [0.1, 0.15) is 34.8 Å². The molecule has 3 heterocycles. The summed E-state index contributed by atoms with van der Waals surface area (Å²) in [7, 11) is 0. The predicted octanol–water partition coefficient (Wildman–Crippen LogP) is 3.21. The van der Waals surface area contributed by atoms with Crippen molar-refractivity contribution < 1.29 is 4.79 Å². The summed E-state index contributed by atoms with van der Waals surface area (Å²) in [5.74, 6) is 0.115. The van der Waals surface area contributed by atoms with Crippen molar-refractivity contribution in [3.63, 3.8) is 0 Å². The second-order valence-corrected chi connectivity index (χ2v) is 6.59. The fraction of sp³-hybridized carbons (Fsp3) is 0.300. The average molecular weight is 334 g/mol. The topological polar surface area (TPSA) is 43.1 Å². The molecular weight excluding hydrogens is 312 g/mol. The number of piperidine rings is 1. The molecule has 1 aliphatic rings. The Balaban J connectivity index is 1.43. The van der Waals surface area contributed by atoms with Gasteiger partial charge in [0.15, 0.2) is 0 Å². The summed E-state index contributed by atoms with van der Waals surface area (Å²) in [6.07, 6.45) is 9.95. The molecule has 5 nitrogen and oxygen atoms in total. The highest BCUT2D eigenvalue weighted by Gasteiger charge is 2.25. The molecule has 4 rings (SSSR count). The lowest BCUT2D eigenvalue weighted by molar-refractivity contribution is 0.0673. The Morgan fingerprint density at radius 1 is 1.08 bits per heavy atom. The number of hydrogen-bond donors (Lipinski definition) is 0. The van der Waals surface area contributed by atoms with Crippen LogP contribution >= 0.6 is 0 Å². The summed E-state index contributed by atoms with van der Waals surface area (Å²) < 4.78 is 4.09. The van der Waals surface area contributed by atoms with Gasteiger partial charge in [0, 0.05) is 50.0 Å². The first-order valence-electron chi connectivity index (χ1n) is 8.78. The van der Waals surface area contributed by atoms with Crippen LogP contribution in [0.3, 0.4) is 0 Å². The third-order valence-corrected chi connectivity index (χ3v) is 4.81. The van der Waals surface area contributed by atoms with E-state index in [0.29, 0.717) is 0 Å². The molecule has 0 saturated carbocycles. The Morgan fingerprint density at radius 3 is 2.60 bits per heavy atom. The number of carbonyl (C=O) groups excluding carboxylic acids is 1. The Morgan fingerprint density at radius 2 is 1.88 bits per heavy atom. The first kappa shape index (κ1) is 15.7. The van der Waals surface area contributed by atoms with Gasteiger partial charge in [-0.1, -0.05) is 12.1 Å². The summed E-state index contributed by atoms with van der Waals surface area (Å²) in [5.41, 5.74) is 1.96. The first-order chi connectivity index (χ1) is 12.3. The smallest absolute Gasteiger partial charge is 0.253 e. The van der Waals surface area contributed by atoms with E-state index in [9.17, 15) is 4.79 Å². The minimum absolute atomic E-state index is 0.115. The second-order valence-electron chi connectivity index (χ2n) is 6.59. The highest BCUT2D eigenvalue weighted by molar-refractivity contribution is 5.94. The molecule has 0 bridgehead atoms. The van der Waals surface area contributed by atoms with E-state index in [1.54, 1.807) is 6.20 Å². The molecule has 0 aliphatic carbocycles. The fourth-order valence-electron chi connectivity index (χ4n) is 3.47. The largest absolute Gasteiger partial charge is 0.350 e. The SMILES string of the molecule is O=C(c1ccc(Cn2cccc2)cc1)N1CCC[C@@H](n2cccn2)C1. The molecule has 2 aromatic heterocycles. The Bertz CT molecular complexity index is 806. The monoisotopic (exact) mass is 334 g/mol. The van der Waals surface area contributed by atoms with Crippen LogP contribution in [0.5, 0.6) is 0 Å². The number of amides is 1. The van der Waals surface area contributed by atoms with E-state index >= 15 is 0 Å². The van der Waals surface area contributed by atoms with Gasteiger partial charge in [-0.25, -0.2) is 0 Å². The standard InChI is InChI=1S/C20H22N4O/c25-20(23-13-3-5-19(16-23)24-14-4-10-21-24)18-8-6-17(7-9-18)15-22-11-1-2-12-22/h1-2,4,6-12,14,19H,3,5,13,15-16H2/t19-/m1/s1. The lowest BCUT2D eigenvalue weighted by atomic mass is 10.0. The zero-order valence-corrected chi connectivity index (χ0v) is 14.2. The fourth-order valence-corrected chi connectivity index (χ4v) is 3.47. The minimum Gasteiger partial charge on any atom is -0.350 e. The van der Waals surface area contributed by atoms with Crippen molar-refractivity contribution in [1.82, 2.24) is 19.2 Å². The maximum atomic E-state index is 12.8. The number of carbonyl (C=O) groups is 1. The third-order valence-electron chi connectivity index (χ3n) is 4.81. The number of benzene rings is 1. The van der Waals surface area contributed by atoms with Crippen LogP contribution in [0.2, 0.25) is 0 Å². The maximum absolute atomic E-state index is 12.8. The van der Waals surface area contributed by atoms with Crippen molar-refractivity contribution >= 4 is 5.91 Å². The van der Waals surface area contributed by atoms with Crippen LogP contribution in [0.4, 0.5) is 0 Å². The molecular formula is C20H22N4O. The van der Waals surface area contributed by atoms with E-state index in [1.165, 1.54) is 5.56 Å². The van der Waals surface area contributed by atoms with Gasteiger partial charge in [0.05, 0.1) is 6.04 Å². The van der Waals surface area contributed by atoms with Crippen molar-refractivity contribution in [2.75, 3.05) is 13.1 Å². The molecule has 1 saturated heterocycles.